The number of carbonyl (C=O) groups excluding carboxylic acids is 1. The third-order valence-corrected chi connectivity index (χ3v) is 4.56. The maximum atomic E-state index is 12.1. The third kappa shape index (κ3) is 4.61. The van der Waals surface area contributed by atoms with Gasteiger partial charge in [-0.05, 0) is 26.0 Å². The van der Waals surface area contributed by atoms with Crippen molar-refractivity contribution in [1.82, 2.24) is 9.80 Å². The van der Waals surface area contributed by atoms with Gasteiger partial charge in [0.25, 0.3) is 0 Å². The Bertz CT molecular complexity index is 495. The van der Waals surface area contributed by atoms with Crippen molar-refractivity contribution in [3.05, 3.63) is 24.3 Å². The summed E-state index contributed by atoms with van der Waals surface area (Å²) in [5, 5.41) is 0. The lowest BCUT2D eigenvalue weighted by atomic mass is 10.2. The van der Waals surface area contributed by atoms with Crippen molar-refractivity contribution in [2.24, 2.45) is 0 Å². The van der Waals surface area contributed by atoms with E-state index in [1.54, 1.807) is 7.11 Å². The Kier molecular flexibility index (Phi) is 6.71. The molecule has 0 bridgehead atoms. The monoisotopic (exact) mass is 319 g/mol. The van der Waals surface area contributed by atoms with E-state index in [0.29, 0.717) is 6.42 Å². The number of rotatable bonds is 7. The Morgan fingerprint density at radius 2 is 1.78 bits per heavy atom. The maximum Gasteiger partial charge on any atom is 0.223 e. The number of carbonyl (C=O) groups is 1. The average molecular weight is 319 g/mol. The summed E-state index contributed by atoms with van der Waals surface area (Å²) in [7, 11) is 1.72. The number of anilines is 1. The first-order chi connectivity index (χ1) is 11.2. The Morgan fingerprint density at radius 3 is 2.39 bits per heavy atom. The second kappa shape index (κ2) is 8.77. The molecule has 0 unspecified atom stereocenters. The van der Waals surface area contributed by atoms with E-state index < -0.39 is 0 Å². The molecule has 0 spiro atoms. The molecule has 0 N–H and O–H groups in total. The van der Waals surface area contributed by atoms with Crippen LogP contribution in [-0.2, 0) is 4.79 Å². The van der Waals surface area contributed by atoms with E-state index in [0.717, 1.165) is 57.3 Å². The minimum atomic E-state index is 0.266. The largest absolute Gasteiger partial charge is 0.495 e. The highest BCUT2D eigenvalue weighted by Crippen LogP contribution is 2.28. The summed E-state index contributed by atoms with van der Waals surface area (Å²) in [5.74, 6) is 1.19. The predicted octanol–water partition coefficient (Wildman–Crippen LogP) is 2.08. The minimum absolute atomic E-state index is 0.266. The lowest BCUT2D eigenvalue weighted by Crippen LogP contribution is -2.47. The molecule has 1 aromatic rings. The Morgan fingerprint density at radius 1 is 1.13 bits per heavy atom. The van der Waals surface area contributed by atoms with Crippen LogP contribution in [0.2, 0.25) is 0 Å². The van der Waals surface area contributed by atoms with Gasteiger partial charge >= 0.3 is 0 Å². The highest BCUT2D eigenvalue weighted by Gasteiger charge is 2.20. The van der Waals surface area contributed by atoms with Crippen molar-refractivity contribution in [3.63, 3.8) is 0 Å². The molecule has 0 atom stereocenters. The van der Waals surface area contributed by atoms with Gasteiger partial charge in [-0.2, -0.15) is 0 Å². The van der Waals surface area contributed by atoms with Crippen LogP contribution in [0.1, 0.15) is 20.3 Å². The number of nitrogens with zero attached hydrogens (tertiary/aromatic N) is 3. The van der Waals surface area contributed by atoms with Crippen molar-refractivity contribution in [1.29, 1.82) is 0 Å². The average Bonchev–Trinajstić information content (AvgIpc) is 2.61. The number of ether oxygens (including phenoxy) is 1. The zero-order valence-corrected chi connectivity index (χ0v) is 14.6. The van der Waals surface area contributed by atoms with Gasteiger partial charge < -0.3 is 14.5 Å². The zero-order chi connectivity index (χ0) is 16.7. The second-order valence-corrected chi connectivity index (χ2v) is 5.82. The van der Waals surface area contributed by atoms with E-state index in [1.165, 1.54) is 0 Å². The highest BCUT2D eigenvalue weighted by molar-refractivity contribution is 5.76. The van der Waals surface area contributed by atoms with Crippen LogP contribution in [0.25, 0.3) is 0 Å². The summed E-state index contributed by atoms with van der Waals surface area (Å²) in [4.78, 5) is 18.7. The van der Waals surface area contributed by atoms with Crippen molar-refractivity contribution in [3.8, 4) is 5.75 Å². The van der Waals surface area contributed by atoms with Crippen LogP contribution in [0, 0.1) is 0 Å². The van der Waals surface area contributed by atoms with Crippen molar-refractivity contribution in [2.75, 3.05) is 57.8 Å². The smallest absolute Gasteiger partial charge is 0.223 e. The normalized spacial score (nSPS) is 15.5. The number of benzene rings is 1. The molecule has 0 aliphatic carbocycles. The van der Waals surface area contributed by atoms with Crippen LogP contribution in [0.4, 0.5) is 5.69 Å². The number of para-hydroxylation sites is 2. The first-order valence-corrected chi connectivity index (χ1v) is 8.57. The van der Waals surface area contributed by atoms with Crippen molar-refractivity contribution >= 4 is 11.6 Å². The molecular weight excluding hydrogens is 290 g/mol. The molecule has 23 heavy (non-hydrogen) atoms. The van der Waals surface area contributed by atoms with Crippen LogP contribution >= 0.6 is 0 Å². The van der Waals surface area contributed by atoms with Crippen LogP contribution < -0.4 is 9.64 Å². The Balaban J connectivity index is 1.81. The first-order valence-electron chi connectivity index (χ1n) is 8.57. The molecule has 1 aromatic carbocycles. The van der Waals surface area contributed by atoms with Crippen LogP contribution in [-0.4, -0.2) is 68.6 Å². The maximum absolute atomic E-state index is 12.1. The molecule has 5 nitrogen and oxygen atoms in total. The van der Waals surface area contributed by atoms with Crippen LogP contribution in [0.15, 0.2) is 24.3 Å². The number of amides is 1. The number of hydrogen-bond donors (Lipinski definition) is 0. The van der Waals surface area contributed by atoms with Gasteiger partial charge in [-0.25, -0.2) is 0 Å². The van der Waals surface area contributed by atoms with E-state index in [9.17, 15) is 4.79 Å². The molecule has 1 amide bonds. The van der Waals surface area contributed by atoms with Crippen molar-refractivity contribution in [2.45, 2.75) is 20.3 Å². The first kappa shape index (κ1) is 17.6. The third-order valence-electron chi connectivity index (χ3n) is 4.56. The van der Waals surface area contributed by atoms with Gasteiger partial charge in [-0.15, -0.1) is 0 Å². The zero-order valence-electron chi connectivity index (χ0n) is 14.6. The summed E-state index contributed by atoms with van der Waals surface area (Å²) in [6.07, 6.45) is 0.621. The topological polar surface area (TPSA) is 36.0 Å². The highest BCUT2D eigenvalue weighted by atomic mass is 16.5. The van der Waals surface area contributed by atoms with Gasteiger partial charge in [0.2, 0.25) is 5.91 Å². The van der Waals surface area contributed by atoms with E-state index in [2.05, 4.69) is 15.9 Å². The van der Waals surface area contributed by atoms with Gasteiger partial charge in [0.1, 0.15) is 5.75 Å². The summed E-state index contributed by atoms with van der Waals surface area (Å²) < 4.78 is 5.45. The standard InChI is InChI=1S/C18H29N3O2/c1-4-20(5-2)18(22)10-11-19-12-14-21(15-13-19)16-8-6-7-9-17(16)23-3/h6-9H,4-5,10-15H2,1-3H3. The minimum Gasteiger partial charge on any atom is -0.495 e. The number of methoxy groups -OCH3 is 1. The molecule has 2 rings (SSSR count). The van der Waals surface area contributed by atoms with Gasteiger partial charge in [-0.1, -0.05) is 12.1 Å². The summed E-state index contributed by atoms with van der Waals surface area (Å²) >= 11 is 0. The Hall–Kier alpha value is -1.75. The molecule has 5 heteroatoms. The van der Waals surface area contributed by atoms with E-state index in [-0.39, 0.29) is 5.91 Å². The molecule has 1 saturated heterocycles. The quantitative estimate of drug-likeness (QED) is 0.771. The van der Waals surface area contributed by atoms with Crippen molar-refractivity contribution < 1.29 is 9.53 Å². The SMILES string of the molecule is CCN(CC)C(=O)CCN1CCN(c2ccccc2OC)CC1. The molecule has 0 saturated carbocycles. The molecular formula is C18H29N3O2. The summed E-state index contributed by atoms with van der Waals surface area (Å²) in [6.45, 7) is 10.5. The second-order valence-electron chi connectivity index (χ2n) is 5.82. The predicted molar refractivity (Wildman–Crippen MR) is 94.2 cm³/mol. The summed E-state index contributed by atoms with van der Waals surface area (Å²) in [5.41, 5.74) is 1.16. The molecule has 1 aliphatic heterocycles. The van der Waals surface area contributed by atoms with E-state index >= 15 is 0 Å². The van der Waals surface area contributed by atoms with Gasteiger partial charge in [-0.3, -0.25) is 9.69 Å². The van der Waals surface area contributed by atoms with Gasteiger partial charge in [0, 0.05) is 52.2 Å². The molecule has 1 fully saturated rings. The molecule has 1 heterocycles. The summed E-state index contributed by atoms with van der Waals surface area (Å²) in [6, 6.07) is 8.16. The number of piperazine rings is 1. The van der Waals surface area contributed by atoms with Crippen LogP contribution in [0.5, 0.6) is 5.75 Å². The molecule has 0 radical (unpaired) electrons. The van der Waals surface area contributed by atoms with E-state index in [1.807, 2.05) is 36.9 Å². The fourth-order valence-corrected chi connectivity index (χ4v) is 3.09. The van der Waals surface area contributed by atoms with Gasteiger partial charge in [0.15, 0.2) is 0 Å². The molecule has 0 aromatic heterocycles. The number of hydrogen-bond acceptors (Lipinski definition) is 4. The molecule has 1 aliphatic rings. The van der Waals surface area contributed by atoms with Crippen LogP contribution in [0.3, 0.4) is 0 Å². The fraction of sp³-hybridized carbons (Fsp3) is 0.611. The lowest BCUT2D eigenvalue weighted by molar-refractivity contribution is -0.131. The van der Waals surface area contributed by atoms with Gasteiger partial charge in [0.05, 0.1) is 12.8 Å². The molecule has 128 valence electrons. The van der Waals surface area contributed by atoms with E-state index in [4.69, 9.17) is 4.74 Å². The Labute approximate surface area is 139 Å². The fourth-order valence-electron chi connectivity index (χ4n) is 3.09. The lowest BCUT2D eigenvalue weighted by Gasteiger charge is -2.36.